The van der Waals surface area contributed by atoms with Crippen molar-refractivity contribution in [2.24, 2.45) is 5.92 Å². The molecule has 1 aliphatic heterocycles. The highest BCUT2D eigenvalue weighted by molar-refractivity contribution is 6.30. The van der Waals surface area contributed by atoms with E-state index in [1.54, 1.807) is 12.1 Å². The molecular weight excluding hydrogens is 428 g/mol. The van der Waals surface area contributed by atoms with Gasteiger partial charge in [0.15, 0.2) is 0 Å². The molecule has 1 aromatic heterocycles. The van der Waals surface area contributed by atoms with Gasteiger partial charge in [0.25, 0.3) is 0 Å². The highest BCUT2D eigenvalue weighted by Gasteiger charge is 2.26. The molecule has 0 spiro atoms. The molecule has 0 unspecified atom stereocenters. The number of carbonyl (C=O) groups excluding carboxylic acids is 1. The standard InChI is InChI=1S/C24H27ClN4O3/c1-16(2)31-21-9-7-20(8-10-21)26-24(30)18-11-13-29(14-12-18)15-22-27-23(28-32-22)17-3-5-19(25)6-4-17/h3-10,16,18H,11-15H2,1-2H3,(H,26,30). The van der Waals surface area contributed by atoms with Crippen molar-refractivity contribution in [2.75, 3.05) is 18.4 Å². The van der Waals surface area contributed by atoms with Crippen LogP contribution in [-0.2, 0) is 11.3 Å². The minimum absolute atomic E-state index is 0.00912. The number of nitrogens with one attached hydrogen (secondary N) is 1. The Morgan fingerprint density at radius 2 is 1.84 bits per heavy atom. The summed E-state index contributed by atoms with van der Waals surface area (Å²) in [6.45, 7) is 6.15. The molecule has 32 heavy (non-hydrogen) atoms. The van der Waals surface area contributed by atoms with Gasteiger partial charge in [-0.15, -0.1) is 0 Å². The number of piperidine rings is 1. The maximum absolute atomic E-state index is 12.7. The molecule has 1 N–H and O–H groups in total. The molecule has 0 atom stereocenters. The number of anilines is 1. The summed E-state index contributed by atoms with van der Waals surface area (Å²) in [4.78, 5) is 19.4. The van der Waals surface area contributed by atoms with Crippen molar-refractivity contribution in [3.05, 3.63) is 59.4 Å². The molecule has 0 radical (unpaired) electrons. The molecule has 4 rings (SSSR count). The summed E-state index contributed by atoms with van der Waals surface area (Å²) in [6, 6.07) is 14.8. The Hall–Kier alpha value is -2.90. The van der Waals surface area contributed by atoms with Gasteiger partial charge in [0, 0.05) is 22.2 Å². The third kappa shape index (κ3) is 5.87. The van der Waals surface area contributed by atoms with Crippen LogP contribution in [0.1, 0.15) is 32.6 Å². The van der Waals surface area contributed by atoms with Crippen molar-refractivity contribution in [1.82, 2.24) is 15.0 Å². The van der Waals surface area contributed by atoms with E-state index in [1.807, 2.05) is 50.2 Å². The first kappa shape index (κ1) is 22.3. The maximum atomic E-state index is 12.7. The number of halogens is 1. The zero-order valence-electron chi connectivity index (χ0n) is 18.3. The van der Waals surface area contributed by atoms with Crippen LogP contribution in [0.2, 0.25) is 5.02 Å². The minimum Gasteiger partial charge on any atom is -0.491 e. The van der Waals surface area contributed by atoms with Crippen molar-refractivity contribution in [1.29, 1.82) is 0 Å². The second kappa shape index (κ2) is 10.1. The molecule has 1 amide bonds. The van der Waals surface area contributed by atoms with Crippen LogP contribution in [0.5, 0.6) is 5.75 Å². The summed E-state index contributed by atoms with van der Waals surface area (Å²) in [7, 11) is 0. The number of ether oxygens (including phenoxy) is 1. The van der Waals surface area contributed by atoms with Crippen molar-refractivity contribution >= 4 is 23.2 Å². The van der Waals surface area contributed by atoms with Gasteiger partial charge in [-0.05, 0) is 88.3 Å². The number of rotatable bonds is 7. The van der Waals surface area contributed by atoms with E-state index in [2.05, 4.69) is 20.4 Å². The molecule has 1 saturated heterocycles. The van der Waals surface area contributed by atoms with E-state index in [0.717, 1.165) is 42.9 Å². The third-order valence-corrected chi connectivity index (χ3v) is 5.63. The van der Waals surface area contributed by atoms with Gasteiger partial charge in [0.1, 0.15) is 5.75 Å². The van der Waals surface area contributed by atoms with E-state index < -0.39 is 0 Å². The number of likely N-dealkylation sites (tertiary alicyclic amines) is 1. The summed E-state index contributed by atoms with van der Waals surface area (Å²) in [5.41, 5.74) is 1.65. The Kier molecular flexibility index (Phi) is 7.07. The first-order valence-electron chi connectivity index (χ1n) is 10.8. The number of amides is 1. The summed E-state index contributed by atoms with van der Waals surface area (Å²) >= 11 is 5.93. The van der Waals surface area contributed by atoms with Gasteiger partial charge in [0.2, 0.25) is 17.6 Å². The molecule has 1 aliphatic rings. The predicted molar refractivity (Wildman–Crippen MR) is 124 cm³/mol. The van der Waals surface area contributed by atoms with Crippen LogP contribution in [-0.4, -0.2) is 40.1 Å². The second-order valence-corrected chi connectivity index (χ2v) is 8.69. The minimum atomic E-state index is -0.00912. The average Bonchev–Trinajstić information content (AvgIpc) is 3.24. The summed E-state index contributed by atoms with van der Waals surface area (Å²) in [5.74, 6) is 1.97. The largest absolute Gasteiger partial charge is 0.491 e. The molecule has 3 aromatic rings. The number of aromatic nitrogens is 2. The van der Waals surface area contributed by atoms with Gasteiger partial charge in [-0.2, -0.15) is 4.98 Å². The van der Waals surface area contributed by atoms with Gasteiger partial charge in [0.05, 0.1) is 12.6 Å². The third-order valence-electron chi connectivity index (χ3n) is 5.38. The zero-order chi connectivity index (χ0) is 22.5. The average molecular weight is 455 g/mol. The van der Waals surface area contributed by atoms with Crippen LogP contribution >= 0.6 is 11.6 Å². The number of hydrogen-bond donors (Lipinski definition) is 1. The van der Waals surface area contributed by atoms with Crippen LogP contribution < -0.4 is 10.1 Å². The first-order valence-corrected chi connectivity index (χ1v) is 11.2. The Balaban J connectivity index is 1.25. The van der Waals surface area contributed by atoms with Crippen LogP contribution in [0, 0.1) is 5.92 Å². The quantitative estimate of drug-likeness (QED) is 0.539. The number of benzene rings is 2. The lowest BCUT2D eigenvalue weighted by molar-refractivity contribution is -0.121. The monoisotopic (exact) mass is 454 g/mol. The van der Waals surface area contributed by atoms with E-state index >= 15 is 0 Å². The van der Waals surface area contributed by atoms with E-state index in [9.17, 15) is 4.79 Å². The summed E-state index contributed by atoms with van der Waals surface area (Å²) in [6.07, 6.45) is 1.70. The molecule has 2 aromatic carbocycles. The number of carbonyl (C=O) groups is 1. The normalized spacial score (nSPS) is 15.1. The van der Waals surface area contributed by atoms with Gasteiger partial charge in [-0.25, -0.2) is 0 Å². The fraction of sp³-hybridized carbons (Fsp3) is 0.375. The fourth-order valence-electron chi connectivity index (χ4n) is 3.71. The summed E-state index contributed by atoms with van der Waals surface area (Å²) in [5, 5.41) is 7.75. The van der Waals surface area contributed by atoms with Crippen LogP contribution in [0.15, 0.2) is 53.1 Å². The molecule has 8 heteroatoms. The molecular formula is C24H27ClN4O3. The molecule has 1 fully saturated rings. The van der Waals surface area contributed by atoms with Gasteiger partial charge >= 0.3 is 0 Å². The topological polar surface area (TPSA) is 80.5 Å². The highest BCUT2D eigenvalue weighted by Crippen LogP contribution is 2.23. The lowest BCUT2D eigenvalue weighted by atomic mass is 9.96. The van der Waals surface area contributed by atoms with E-state index in [1.165, 1.54) is 0 Å². The van der Waals surface area contributed by atoms with Gasteiger partial charge in [-0.3, -0.25) is 9.69 Å². The second-order valence-electron chi connectivity index (χ2n) is 8.25. The molecule has 0 bridgehead atoms. The van der Waals surface area contributed by atoms with E-state index in [0.29, 0.717) is 23.3 Å². The lowest BCUT2D eigenvalue weighted by Crippen LogP contribution is -2.37. The van der Waals surface area contributed by atoms with E-state index in [-0.39, 0.29) is 17.9 Å². The predicted octanol–water partition coefficient (Wildman–Crippen LogP) is 5.03. The Morgan fingerprint density at radius 3 is 2.50 bits per heavy atom. The Morgan fingerprint density at radius 1 is 1.16 bits per heavy atom. The fourth-order valence-corrected chi connectivity index (χ4v) is 3.84. The van der Waals surface area contributed by atoms with Crippen molar-refractivity contribution in [3.8, 4) is 17.1 Å². The lowest BCUT2D eigenvalue weighted by Gasteiger charge is -2.30. The Labute approximate surface area is 192 Å². The molecule has 7 nitrogen and oxygen atoms in total. The van der Waals surface area contributed by atoms with Gasteiger partial charge < -0.3 is 14.6 Å². The van der Waals surface area contributed by atoms with Gasteiger partial charge in [-0.1, -0.05) is 16.8 Å². The van der Waals surface area contributed by atoms with Crippen molar-refractivity contribution in [3.63, 3.8) is 0 Å². The molecule has 2 heterocycles. The maximum Gasteiger partial charge on any atom is 0.241 e. The van der Waals surface area contributed by atoms with Crippen LogP contribution in [0.3, 0.4) is 0 Å². The molecule has 0 saturated carbocycles. The van der Waals surface area contributed by atoms with Crippen molar-refractivity contribution in [2.45, 2.75) is 39.3 Å². The number of nitrogens with zero attached hydrogens (tertiary/aromatic N) is 3. The van der Waals surface area contributed by atoms with Crippen LogP contribution in [0.4, 0.5) is 5.69 Å². The zero-order valence-corrected chi connectivity index (χ0v) is 19.0. The smallest absolute Gasteiger partial charge is 0.241 e. The SMILES string of the molecule is CC(C)Oc1ccc(NC(=O)C2CCN(Cc3nc(-c4ccc(Cl)cc4)no3)CC2)cc1. The number of hydrogen-bond acceptors (Lipinski definition) is 6. The van der Waals surface area contributed by atoms with Crippen LogP contribution in [0.25, 0.3) is 11.4 Å². The van der Waals surface area contributed by atoms with Crippen molar-refractivity contribution < 1.29 is 14.1 Å². The van der Waals surface area contributed by atoms with E-state index in [4.69, 9.17) is 20.9 Å². The summed E-state index contributed by atoms with van der Waals surface area (Å²) < 4.78 is 11.1. The highest BCUT2D eigenvalue weighted by atomic mass is 35.5. The first-order chi connectivity index (χ1) is 15.5. The Bertz CT molecular complexity index is 1030. The molecule has 168 valence electrons. The molecule has 0 aliphatic carbocycles.